The lowest BCUT2D eigenvalue weighted by atomic mass is 10.2. The molecule has 1 aliphatic rings. The summed E-state index contributed by atoms with van der Waals surface area (Å²) < 4.78 is 62.9. The molecule has 8 N–H and O–H groups in total. The van der Waals surface area contributed by atoms with Crippen LogP contribution in [-0.2, 0) is 25.0 Å². The molecule has 21 heteroatoms. The van der Waals surface area contributed by atoms with Crippen LogP contribution in [0.5, 0.6) is 0 Å². The highest BCUT2D eigenvalue weighted by molar-refractivity contribution is 7.86. The molecule has 0 aliphatic carbocycles. The number of nitrogens with zero attached hydrogens (tertiary/aromatic N) is 6. The highest BCUT2D eigenvalue weighted by Gasteiger charge is 2.35. The zero-order chi connectivity index (χ0) is 45.6. The third-order valence-corrected chi connectivity index (χ3v) is 10.6. The van der Waals surface area contributed by atoms with Crippen molar-refractivity contribution in [2.24, 2.45) is 36.8 Å². The smallest absolute Gasteiger partial charge is 0.296 e. The Hall–Kier alpha value is -7.00. The summed E-state index contributed by atoms with van der Waals surface area (Å²) in [4.78, 5) is 20.2. The fraction of sp³-hybridized carbons (Fsp3) is 0.0476. The van der Waals surface area contributed by atoms with Crippen molar-refractivity contribution in [2.45, 2.75) is 22.8 Å². The molecule has 7 rings (SSSR count). The van der Waals surface area contributed by atoms with Gasteiger partial charge in [0.15, 0.2) is 18.0 Å². The van der Waals surface area contributed by atoms with E-state index in [2.05, 4.69) is 35.9 Å². The van der Waals surface area contributed by atoms with Crippen LogP contribution >= 0.6 is 23.2 Å². The zero-order valence-corrected chi connectivity index (χ0v) is 36.1. The van der Waals surface area contributed by atoms with Gasteiger partial charge in [-0.1, -0.05) is 96.0 Å². The first-order chi connectivity index (χ1) is 30.0. The average molecular weight is 930 g/mol. The molecule has 0 radical (unpaired) electrons. The standard InChI is InChI=1S/C16H12Cl2N4O7S2.2C13H13N3/c1-8-15(20-19-13-6-12(18)14(7-11(13)17)31(27,28)29)16(23)22(21-8)9-2-4-10(5-3-9)30(24,25)26;2*14-13(15-11-7-3-1-4-8-11)16-12-9-5-2-6-10-12/h2-7,15H,1H3,(H,24,25,26)(H,27,28,29);2*1-10H,(H3,14,15,16). The number of halogens is 2. The molecule has 0 spiro atoms. The minimum Gasteiger partial charge on any atom is -0.369 e. The molecular weight excluding hydrogens is 892 g/mol. The molecule has 0 bridgehead atoms. The largest absolute Gasteiger partial charge is 0.369 e. The minimum atomic E-state index is -4.59. The summed E-state index contributed by atoms with van der Waals surface area (Å²) in [6, 6.07) is 44.2. The van der Waals surface area contributed by atoms with E-state index in [1.165, 1.54) is 19.1 Å². The number of azo groups is 1. The van der Waals surface area contributed by atoms with Crippen molar-refractivity contribution in [3.05, 3.63) is 168 Å². The Morgan fingerprint density at radius 2 is 1.10 bits per heavy atom. The van der Waals surface area contributed by atoms with Crippen molar-refractivity contribution in [1.82, 2.24) is 0 Å². The highest BCUT2D eigenvalue weighted by atomic mass is 35.5. The summed E-state index contributed by atoms with van der Waals surface area (Å²) in [6.45, 7) is 1.52. The second-order valence-corrected chi connectivity index (χ2v) is 16.5. The lowest BCUT2D eigenvalue weighted by Gasteiger charge is -2.12. The molecule has 1 aliphatic heterocycles. The Balaban J connectivity index is 0.000000196. The summed E-state index contributed by atoms with van der Waals surface area (Å²) in [7, 11) is -8.98. The summed E-state index contributed by atoms with van der Waals surface area (Å²) in [5.74, 6) is 0.174. The molecule has 17 nitrogen and oxygen atoms in total. The van der Waals surface area contributed by atoms with E-state index >= 15 is 0 Å². The first-order valence-corrected chi connectivity index (χ1v) is 21.9. The molecule has 0 saturated heterocycles. The maximum atomic E-state index is 12.7. The van der Waals surface area contributed by atoms with Crippen LogP contribution in [0.15, 0.2) is 193 Å². The Labute approximate surface area is 373 Å². The lowest BCUT2D eigenvalue weighted by Crippen LogP contribution is -2.29. The van der Waals surface area contributed by atoms with Crippen molar-refractivity contribution in [3.63, 3.8) is 0 Å². The van der Waals surface area contributed by atoms with Gasteiger partial charge in [-0.25, -0.2) is 9.98 Å². The number of rotatable bonds is 9. The van der Waals surface area contributed by atoms with Gasteiger partial charge in [0.25, 0.3) is 26.1 Å². The predicted molar refractivity (Wildman–Crippen MR) is 247 cm³/mol. The Morgan fingerprint density at radius 1 is 0.651 bits per heavy atom. The maximum absolute atomic E-state index is 12.7. The van der Waals surface area contributed by atoms with Crippen LogP contribution in [-0.4, -0.2) is 55.5 Å². The number of benzene rings is 6. The number of anilines is 3. The van der Waals surface area contributed by atoms with Crippen molar-refractivity contribution < 1.29 is 30.7 Å². The van der Waals surface area contributed by atoms with E-state index in [0.717, 1.165) is 52.0 Å². The normalized spacial score (nSPS) is 14.2. The van der Waals surface area contributed by atoms with Crippen LogP contribution in [0.4, 0.5) is 34.1 Å². The van der Waals surface area contributed by atoms with Crippen LogP contribution in [0.1, 0.15) is 6.92 Å². The molecule has 0 fully saturated rings. The number of nitrogens with one attached hydrogen (secondary N) is 2. The molecule has 1 amide bonds. The predicted octanol–water partition coefficient (Wildman–Crippen LogP) is 8.85. The van der Waals surface area contributed by atoms with Gasteiger partial charge < -0.3 is 22.1 Å². The van der Waals surface area contributed by atoms with Gasteiger partial charge in [-0.2, -0.15) is 37.2 Å². The Kier molecular flexibility index (Phi) is 16.2. The molecule has 324 valence electrons. The summed E-state index contributed by atoms with van der Waals surface area (Å²) in [5, 5.41) is 18.3. The van der Waals surface area contributed by atoms with E-state index in [0.29, 0.717) is 11.9 Å². The second-order valence-electron chi connectivity index (χ2n) is 12.8. The van der Waals surface area contributed by atoms with Crippen molar-refractivity contribution in [1.29, 1.82) is 0 Å². The number of hydrazone groups is 1. The number of aliphatic imine (C=N–C) groups is 2. The number of carbonyl (C=O) groups is 1. The monoisotopic (exact) mass is 928 g/mol. The molecule has 6 aromatic rings. The van der Waals surface area contributed by atoms with Gasteiger partial charge in [-0.15, -0.1) is 0 Å². The quantitative estimate of drug-likeness (QED) is 0.0345. The van der Waals surface area contributed by atoms with Crippen LogP contribution in [0, 0.1) is 0 Å². The van der Waals surface area contributed by atoms with Crippen LogP contribution in [0.25, 0.3) is 0 Å². The Morgan fingerprint density at radius 3 is 1.52 bits per heavy atom. The number of amides is 1. The fourth-order valence-corrected chi connectivity index (χ4v) is 6.99. The van der Waals surface area contributed by atoms with E-state index in [9.17, 15) is 21.6 Å². The van der Waals surface area contributed by atoms with Gasteiger partial charge in [-0.05, 0) is 91.9 Å². The lowest BCUT2D eigenvalue weighted by molar-refractivity contribution is -0.117. The number of nitrogens with two attached hydrogens (primary N) is 2. The first kappa shape index (κ1) is 47.1. The van der Waals surface area contributed by atoms with Gasteiger partial charge in [0.05, 0.1) is 37.7 Å². The zero-order valence-electron chi connectivity index (χ0n) is 32.9. The third-order valence-electron chi connectivity index (χ3n) is 8.14. The highest BCUT2D eigenvalue weighted by Crippen LogP contribution is 2.34. The van der Waals surface area contributed by atoms with E-state index < -0.39 is 37.1 Å². The van der Waals surface area contributed by atoms with Gasteiger partial charge >= 0.3 is 0 Å². The molecule has 0 aromatic heterocycles. The van der Waals surface area contributed by atoms with Gasteiger partial charge in [0.1, 0.15) is 10.6 Å². The minimum absolute atomic E-state index is 0.0457. The average Bonchev–Trinajstić information content (AvgIpc) is 3.53. The number of hydrogen-bond donors (Lipinski definition) is 6. The SMILES string of the molecule is CC1=NN(c2ccc(S(=O)(=O)O)cc2)C(=O)C1N=Nc1cc(Cl)c(S(=O)(=O)O)cc1Cl.NC(=Nc1ccccc1)Nc1ccccc1.NC(=Nc1ccccc1)Nc1ccccc1. The number of carbonyl (C=O) groups excluding carboxylic acids is 1. The molecule has 1 heterocycles. The van der Waals surface area contributed by atoms with Gasteiger partial charge in [0, 0.05) is 11.4 Å². The molecule has 63 heavy (non-hydrogen) atoms. The van der Waals surface area contributed by atoms with Crippen molar-refractivity contribution in [2.75, 3.05) is 15.6 Å². The van der Waals surface area contributed by atoms with Gasteiger partial charge in [-0.3, -0.25) is 13.9 Å². The van der Waals surface area contributed by atoms with Crippen molar-refractivity contribution >= 4 is 101 Å². The van der Waals surface area contributed by atoms with E-state index in [1.54, 1.807) is 0 Å². The molecule has 0 saturated carbocycles. The summed E-state index contributed by atoms with van der Waals surface area (Å²) in [6.07, 6.45) is 0. The molecule has 1 atom stereocenters. The second kappa shape index (κ2) is 21.7. The van der Waals surface area contributed by atoms with Gasteiger partial charge in [0.2, 0.25) is 0 Å². The first-order valence-electron chi connectivity index (χ1n) is 18.2. The number of guanidine groups is 2. The van der Waals surface area contributed by atoms with Crippen molar-refractivity contribution in [3.8, 4) is 0 Å². The summed E-state index contributed by atoms with van der Waals surface area (Å²) >= 11 is 11.8. The molecule has 1 unspecified atom stereocenters. The third kappa shape index (κ3) is 14.3. The van der Waals surface area contributed by atoms with E-state index in [1.807, 2.05) is 121 Å². The fourth-order valence-electron chi connectivity index (χ4n) is 5.22. The maximum Gasteiger partial charge on any atom is 0.296 e. The number of para-hydroxylation sites is 4. The van der Waals surface area contributed by atoms with Crippen LogP contribution < -0.4 is 27.1 Å². The Bertz CT molecular complexity index is 2770. The van der Waals surface area contributed by atoms with Crippen LogP contribution in [0.2, 0.25) is 10.0 Å². The summed E-state index contributed by atoms with van der Waals surface area (Å²) in [5.41, 5.74) is 15.5. The van der Waals surface area contributed by atoms with E-state index in [4.69, 9.17) is 43.8 Å². The molecular formula is C42H38Cl2N10O7S2. The molecule has 6 aromatic carbocycles. The van der Waals surface area contributed by atoms with E-state index in [-0.39, 0.29) is 32.0 Å². The number of hydrogen-bond acceptors (Lipinski definition) is 10. The van der Waals surface area contributed by atoms with Crippen LogP contribution in [0.3, 0.4) is 0 Å². The topological polar surface area (TPSA) is 267 Å².